The largest absolute Gasteiger partial charge is 0.490 e. The number of aryl methyl sites for hydroxylation is 1. The Morgan fingerprint density at radius 1 is 1.07 bits per heavy atom. The fourth-order valence-corrected chi connectivity index (χ4v) is 3.85. The zero-order valence-corrected chi connectivity index (χ0v) is 17.6. The van der Waals surface area contributed by atoms with Crippen molar-refractivity contribution < 1.29 is 18.8 Å². The molecule has 0 saturated carbocycles. The van der Waals surface area contributed by atoms with Gasteiger partial charge in [0.2, 0.25) is 0 Å². The van der Waals surface area contributed by atoms with Gasteiger partial charge >= 0.3 is 0 Å². The van der Waals surface area contributed by atoms with E-state index in [-0.39, 0.29) is 5.91 Å². The van der Waals surface area contributed by atoms with Gasteiger partial charge in [0, 0.05) is 18.7 Å². The molecule has 1 aromatic heterocycles. The van der Waals surface area contributed by atoms with E-state index in [4.69, 9.17) is 14.0 Å². The van der Waals surface area contributed by atoms with Crippen LogP contribution < -0.4 is 9.47 Å². The zero-order chi connectivity index (χ0) is 21.1. The number of ether oxygens (including phenoxy) is 2. The number of hydrogen-bond donors (Lipinski definition) is 0. The second kappa shape index (κ2) is 8.61. The summed E-state index contributed by atoms with van der Waals surface area (Å²) < 4.78 is 16.9. The van der Waals surface area contributed by atoms with Crippen molar-refractivity contribution in [3.63, 3.8) is 0 Å². The van der Waals surface area contributed by atoms with Crippen LogP contribution in [0.1, 0.15) is 41.1 Å². The van der Waals surface area contributed by atoms with E-state index in [2.05, 4.69) is 5.16 Å². The van der Waals surface area contributed by atoms with Gasteiger partial charge in [-0.15, -0.1) is 0 Å². The number of benzene rings is 2. The van der Waals surface area contributed by atoms with Crippen LogP contribution >= 0.6 is 0 Å². The van der Waals surface area contributed by atoms with E-state index < -0.39 is 0 Å². The van der Waals surface area contributed by atoms with Crippen LogP contribution in [0.5, 0.6) is 11.5 Å². The number of carbonyl (C=O) groups is 1. The van der Waals surface area contributed by atoms with Crippen LogP contribution in [0.2, 0.25) is 0 Å². The molecule has 0 spiro atoms. The summed E-state index contributed by atoms with van der Waals surface area (Å²) in [6.45, 7) is 7.97. The molecule has 0 fully saturated rings. The van der Waals surface area contributed by atoms with Crippen LogP contribution in [0.15, 0.2) is 47.0 Å². The minimum absolute atomic E-state index is 0.0647. The number of carbonyl (C=O) groups excluding carboxylic acids is 1. The highest BCUT2D eigenvalue weighted by molar-refractivity contribution is 6.00. The molecular formula is C24H26N2O4. The average Bonchev–Trinajstić information content (AvgIpc) is 3.15. The van der Waals surface area contributed by atoms with Crippen molar-refractivity contribution >= 4 is 5.91 Å². The first-order chi connectivity index (χ1) is 14.6. The van der Waals surface area contributed by atoms with Crippen molar-refractivity contribution in [2.24, 2.45) is 0 Å². The van der Waals surface area contributed by atoms with E-state index in [1.54, 1.807) is 6.92 Å². The average molecular weight is 406 g/mol. The second-order valence-electron chi connectivity index (χ2n) is 7.24. The van der Waals surface area contributed by atoms with Crippen molar-refractivity contribution in [1.29, 1.82) is 0 Å². The number of amides is 1. The molecule has 156 valence electrons. The van der Waals surface area contributed by atoms with Gasteiger partial charge in [0.1, 0.15) is 17.0 Å². The summed E-state index contributed by atoms with van der Waals surface area (Å²) in [4.78, 5) is 15.3. The van der Waals surface area contributed by atoms with Crippen LogP contribution in [-0.2, 0) is 13.0 Å². The van der Waals surface area contributed by atoms with Gasteiger partial charge in [0.25, 0.3) is 5.91 Å². The molecule has 3 aromatic rings. The Balaban J connectivity index is 1.63. The molecule has 0 bridgehead atoms. The Labute approximate surface area is 176 Å². The van der Waals surface area contributed by atoms with Crippen LogP contribution in [0.25, 0.3) is 11.3 Å². The molecular weight excluding hydrogens is 380 g/mol. The van der Waals surface area contributed by atoms with E-state index in [0.29, 0.717) is 43.3 Å². The second-order valence-corrected chi connectivity index (χ2v) is 7.24. The standard InChI is InChI=1S/C24H26N2O4/c1-4-28-20-13-18-11-12-26(15-19(18)14-21(20)29-5-2)24(27)22-16(3)30-25-23(22)17-9-7-6-8-10-17/h6-10,13-14H,4-5,11-12,15H2,1-3H3. The molecule has 4 rings (SSSR count). The molecule has 0 saturated heterocycles. The van der Waals surface area contributed by atoms with Crippen molar-refractivity contribution in [2.75, 3.05) is 19.8 Å². The van der Waals surface area contributed by atoms with Crippen LogP contribution in [0.3, 0.4) is 0 Å². The normalized spacial score (nSPS) is 13.1. The van der Waals surface area contributed by atoms with Crippen molar-refractivity contribution in [3.8, 4) is 22.8 Å². The summed E-state index contributed by atoms with van der Waals surface area (Å²) in [6.07, 6.45) is 0.762. The molecule has 30 heavy (non-hydrogen) atoms. The predicted octanol–water partition coefficient (Wildman–Crippen LogP) is 4.65. The van der Waals surface area contributed by atoms with Gasteiger partial charge < -0.3 is 18.9 Å². The van der Waals surface area contributed by atoms with Crippen molar-refractivity contribution in [1.82, 2.24) is 10.1 Å². The monoisotopic (exact) mass is 406 g/mol. The molecule has 2 heterocycles. The molecule has 1 aliphatic rings. The van der Waals surface area contributed by atoms with Gasteiger partial charge in [0.15, 0.2) is 11.5 Å². The van der Waals surface area contributed by atoms with E-state index in [1.165, 1.54) is 5.56 Å². The third-order valence-electron chi connectivity index (χ3n) is 5.29. The quantitative estimate of drug-likeness (QED) is 0.596. The minimum Gasteiger partial charge on any atom is -0.490 e. The van der Waals surface area contributed by atoms with Gasteiger partial charge in [-0.3, -0.25) is 4.79 Å². The van der Waals surface area contributed by atoms with Gasteiger partial charge in [0.05, 0.1) is 13.2 Å². The molecule has 0 radical (unpaired) electrons. The SMILES string of the molecule is CCOc1cc2c(cc1OCC)CN(C(=O)c1c(-c3ccccc3)noc1C)CC2. The highest BCUT2D eigenvalue weighted by Gasteiger charge is 2.29. The highest BCUT2D eigenvalue weighted by atomic mass is 16.5. The summed E-state index contributed by atoms with van der Waals surface area (Å²) in [5.74, 6) is 1.95. The van der Waals surface area contributed by atoms with E-state index in [9.17, 15) is 4.79 Å². The van der Waals surface area contributed by atoms with Gasteiger partial charge in [-0.2, -0.15) is 0 Å². The Kier molecular flexibility index (Phi) is 5.74. The highest BCUT2D eigenvalue weighted by Crippen LogP contribution is 2.35. The topological polar surface area (TPSA) is 64.8 Å². The third-order valence-corrected chi connectivity index (χ3v) is 5.29. The molecule has 0 unspecified atom stereocenters. The fourth-order valence-electron chi connectivity index (χ4n) is 3.85. The number of aromatic nitrogens is 1. The van der Waals surface area contributed by atoms with E-state index in [0.717, 1.165) is 29.0 Å². The van der Waals surface area contributed by atoms with Crippen LogP contribution in [0, 0.1) is 6.92 Å². The van der Waals surface area contributed by atoms with Gasteiger partial charge in [-0.25, -0.2) is 0 Å². The Bertz CT molecular complexity index is 1040. The van der Waals surface area contributed by atoms with Gasteiger partial charge in [-0.05, 0) is 50.5 Å². The summed E-state index contributed by atoms with van der Waals surface area (Å²) >= 11 is 0. The van der Waals surface area contributed by atoms with E-state index in [1.807, 2.05) is 61.2 Å². The predicted molar refractivity (Wildman–Crippen MR) is 114 cm³/mol. The van der Waals surface area contributed by atoms with Crippen molar-refractivity contribution in [2.45, 2.75) is 33.7 Å². The van der Waals surface area contributed by atoms with Crippen molar-refractivity contribution in [3.05, 3.63) is 64.9 Å². The molecule has 6 nitrogen and oxygen atoms in total. The zero-order valence-electron chi connectivity index (χ0n) is 17.6. The first kappa shape index (κ1) is 20.0. The first-order valence-electron chi connectivity index (χ1n) is 10.3. The number of nitrogens with zero attached hydrogens (tertiary/aromatic N) is 2. The van der Waals surface area contributed by atoms with Crippen LogP contribution in [-0.4, -0.2) is 35.7 Å². The lowest BCUT2D eigenvalue weighted by Gasteiger charge is -2.30. The number of rotatable bonds is 6. The molecule has 2 aromatic carbocycles. The maximum atomic E-state index is 13.4. The lowest BCUT2D eigenvalue weighted by molar-refractivity contribution is 0.0733. The minimum atomic E-state index is -0.0647. The number of fused-ring (bicyclic) bond motifs is 1. The van der Waals surface area contributed by atoms with Crippen LogP contribution in [0.4, 0.5) is 0 Å². The summed E-state index contributed by atoms with van der Waals surface area (Å²) in [5.41, 5.74) is 4.26. The summed E-state index contributed by atoms with van der Waals surface area (Å²) in [7, 11) is 0. The Morgan fingerprint density at radius 2 is 1.73 bits per heavy atom. The number of hydrogen-bond acceptors (Lipinski definition) is 5. The first-order valence-corrected chi connectivity index (χ1v) is 10.3. The fraction of sp³-hybridized carbons (Fsp3) is 0.333. The smallest absolute Gasteiger partial charge is 0.260 e. The Morgan fingerprint density at radius 3 is 2.40 bits per heavy atom. The lowest BCUT2D eigenvalue weighted by Crippen LogP contribution is -2.36. The summed E-state index contributed by atoms with van der Waals surface area (Å²) in [6, 6.07) is 13.7. The third kappa shape index (κ3) is 3.77. The Hall–Kier alpha value is -3.28. The maximum Gasteiger partial charge on any atom is 0.260 e. The lowest BCUT2D eigenvalue weighted by atomic mass is 9.97. The summed E-state index contributed by atoms with van der Waals surface area (Å²) in [5, 5.41) is 4.16. The molecule has 6 heteroatoms. The molecule has 0 atom stereocenters. The molecule has 1 amide bonds. The van der Waals surface area contributed by atoms with E-state index >= 15 is 0 Å². The maximum absolute atomic E-state index is 13.4. The molecule has 1 aliphatic heterocycles. The molecule has 0 aliphatic carbocycles. The van der Waals surface area contributed by atoms with Gasteiger partial charge in [-0.1, -0.05) is 35.5 Å². The molecule has 0 N–H and O–H groups in total.